The summed E-state index contributed by atoms with van der Waals surface area (Å²) in [6.45, 7) is -2.97. The smallest absolute Gasteiger partial charge is 0.387 e. The van der Waals surface area contributed by atoms with E-state index >= 15 is 0 Å². The number of nitrogens with one attached hydrogen (secondary N) is 3. The van der Waals surface area contributed by atoms with Gasteiger partial charge < -0.3 is 14.8 Å². The van der Waals surface area contributed by atoms with Gasteiger partial charge in [-0.1, -0.05) is 0 Å². The number of hydrazine groups is 1. The number of thiocarbonyl (C=S) groups is 1. The zero-order valence-electron chi connectivity index (χ0n) is 11.7. The molecule has 1 saturated carbocycles. The molecule has 0 bridgehead atoms. The first-order valence-corrected chi connectivity index (χ1v) is 6.90. The van der Waals surface area contributed by atoms with Gasteiger partial charge in [-0.25, -0.2) is 0 Å². The molecule has 6 nitrogen and oxygen atoms in total. The van der Waals surface area contributed by atoms with E-state index in [1.54, 1.807) is 0 Å². The number of halogens is 2. The van der Waals surface area contributed by atoms with E-state index in [0.717, 1.165) is 12.8 Å². The number of hydrogen-bond donors (Lipinski definition) is 3. The molecule has 0 atom stereocenters. The summed E-state index contributed by atoms with van der Waals surface area (Å²) in [5, 5.41) is 3.31. The van der Waals surface area contributed by atoms with Crippen molar-refractivity contribution >= 4 is 23.2 Å². The minimum Gasteiger partial charge on any atom is -0.493 e. The molecule has 1 fully saturated rings. The molecular formula is C13H15F2N3O3S. The van der Waals surface area contributed by atoms with Crippen LogP contribution in [0.2, 0.25) is 0 Å². The Morgan fingerprint density at radius 2 is 2.05 bits per heavy atom. The first-order chi connectivity index (χ1) is 10.5. The summed E-state index contributed by atoms with van der Waals surface area (Å²) in [6.07, 6.45) is 2.11. The molecule has 120 valence electrons. The van der Waals surface area contributed by atoms with Crippen molar-refractivity contribution in [2.45, 2.75) is 25.5 Å². The molecule has 0 aliphatic heterocycles. The van der Waals surface area contributed by atoms with Crippen LogP contribution in [0.1, 0.15) is 23.2 Å². The highest BCUT2D eigenvalue weighted by atomic mass is 32.1. The van der Waals surface area contributed by atoms with E-state index in [-0.39, 0.29) is 17.1 Å². The fourth-order valence-corrected chi connectivity index (χ4v) is 1.85. The molecule has 0 aromatic heterocycles. The number of hydrogen-bond acceptors (Lipinski definition) is 4. The number of benzene rings is 1. The average molecular weight is 331 g/mol. The van der Waals surface area contributed by atoms with Crippen molar-refractivity contribution in [2.24, 2.45) is 0 Å². The molecule has 0 radical (unpaired) electrons. The van der Waals surface area contributed by atoms with Crippen molar-refractivity contribution in [3.63, 3.8) is 0 Å². The van der Waals surface area contributed by atoms with E-state index in [4.69, 9.17) is 17.0 Å². The molecule has 1 aromatic carbocycles. The summed E-state index contributed by atoms with van der Waals surface area (Å²) in [5.74, 6) is -0.596. The third-order valence-corrected chi connectivity index (χ3v) is 3.06. The molecule has 0 saturated heterocycles. The van der Waals surface area contributed by atoms with Gasteiger partial charge >= 0.3 is 6.61 Å². The number of amides is 1. The molecule has 22 heavy (non-hydrogen) atoms. The SMILES string of the molecule is COc1cc(C(=O)NNC(=S)NC2CC2)ccc1OC(F)F. The number of alkyl halides is 2. The second-order valence-corrected chi connectivity index (χ2v) is 4.98. The minimum atomic E-state index is -2.97. The fraction of sp³-hybridized carbons (Fsp3) is 0.385. The standard InChI is InChI=1S/C13H15F2N3O3S/c1-20-10-6-7(2-5-9(10)21-12(14)15)11(19)17-18-13(22)16-8-3-4-8/h2,5-6,8,12H,3-4H2,1H3,(H,17,19)(H2,16,18,22). The predicted octanol–water partition coefficient (Wildman–Crippen LogP) is 1.57. The van der Waals surface area contributed by atoms with Crippen molar-refractivity contribution in [1.82, 2.24) is 16.2 Å². The number of ether oxygens (including phenoxy) is 2. The summed E-state index contributed by atoms with van der Waals surface area (Å²) in [6, 6.07) is 4.24. The van der Waals surface area contributed by atoms with Gasteiger partial charge in [-0.2, -0.15) is 8.78 Å². The normalized spacial score (nSPS) is 13.5. The monoisotopic (exact) mass is 331 g/mol. The van der Waals surface area contributed by atoms with E-state index in [0.29, 0.717) is 11.2 Å². The van der Waals surface area contributed by atoms with Gasteiger partial charge in [-0.05, 0) is 43.3 Å². The lowest BCUT2D eigenvalue weighted by molar-refractivity contribution is -0.0512. The lowest BCUT2D eigenvalue weighted by Crippen LogP contribution is -2.47. The highest BCUT2D eigenvalue weighted by Gasteiger charge is 2.22. The van der Waals surface area contributed by atoms with Crippen LogP contribution >= 0.6 is 12.2 Å². The van der Waals surface area contributed by atoms with Crippen LogP contribution in [0, 0.1) is 0 Å². The topological polar surface area (TPSA) is 71.6 Å². The van der Waals surface area contributed by atoms with Gasteiger partial charge in [-0.3, -0.25) is 15.6 Å². The maximum absolute atomic E-state index is 12.2. The van der Waals surface area contributed by atoms with Crippen LogP contribution in [0.4, 0.5) is 8.78 Å². The van der Waals surface area contributed by atoms with Crippen LogP contribution in [0.15, 0.2) is 18.2 Å². The third kappa shape index (κ3) is 4.69. The average Bonchev–Trinajstić information content (AvgIpc) is 3.28. The molecule has 0 heterocycles. The van der Waals surface area contributed by atoms with E-state index in [1.165, 1.54) is 25.3 Å². The van der Waals surface area contributed by atoms with Crippen molar-refractivity contribution < 1.29 is 23.0 Å². The van der Waals surface area contributed by atoms with Gasteiger partial charge in [0.1, 0.15) is 0 Å². The fourth-order valence-electron chi connectivity index (χ4n) is 1.64. The largest absolute Gasteiger partial charge is 0.493 e. The van der Waals surface area contributed by atoms with Crippen LogP contribution in [-0.4, -0.2) is 30.8 Å². The molecule has 3 N–H and O–H groups in total. The van der Waals surface area contributed by atoms with Gasteiger partial charge in [-0.15, -0.1) is 0 Å². The van der Waals surface area contributed by atoms with Crippen molar-refractivity contribution in [3.8, 4) is 11.5 Å². The van der Waals surface area contributed by atoms with Gasteiger partial charge in [0.2, 0.25) is 0 Å². The number of rotatable bonds is 5. The Morgan fingerprint density at radius 3 is 2.64 bits per heavy atom. The second kappa shape index (κ2) is 7.21. The van der Waals surface area contributed by atoms with E-state index in [2.05, 4.69) is 20.9 Å². The van der Waals surface area contributed by atoms with Crippen LogP contribution in [0.3, 0.4) is 0 Å². The summed E-state index contributed by atoms with van der Waals surface area (Å²) in [5.41, 5.74) is 5.18. The van der Waals surface area contributed by atoms with Gasteiger partial charge in [0, 0.05) is 11.6 Å². The maximum atomic E-state index is 12.2. The van der Waals surface area contributed by atoms with Crippen molar-refractivity contribution in [2.75, 3.05) is 7.11 Å². The number of carbonyl (C=O) groups excluding carboxylic acids is 1. The summed E-state index contributed by atoms with van der Waals surface area (Å²) in [7, 11) is 1.29. The molecule has 1 aliphatic carbocycles. The Hall–Kier alpha value is -2.16. The van der Waals surface area contributed by atoms with Crippen LogP contribution in [0.5, 0.6) is 11.5 Å². The molecule has 0 spiro atoms. The quantitative estimate of drug-likeness (QED) is 0.562. The Bertz CT molecular complexity index is 567. The first kappa shape index (κ1) is 16.2. The summed E-state index contributed by atoms with van der Waals surface area (Å²) in [4.78, 5) is 11.9. The molecule has 1 amide bonds. The predicted molar refractivity (Wildman–Crippen MR) is 79.0 cm³/mol. The highest BCUT2D eigenvalue weighted by molar-refractivity contribution is 7.80. The summed E-state index contributed by atoms with van der Waals surface area (Å²) < 4.78 is 33.7. The van der Waals surface area contributed by atoms with E-state index < -0.39 is 12.5 Å². The Kier molecular flexibility index (Phi) is 5.31. The minimum absolute atomic E-state index is 0.0339. The highest BCUT2D eigenvalue weighted by Crippen LogP contribution is 2.29. The molecule has 9 heteroatoms. The van der Waals surface area contributed by atoms with Crippen LogP contribution in [-0.2, 0) is 0 Å². The molecular weight excluding hydrogens is 316 g/mol. The van der Waals surface area contributed by atoms with Crippen LogP contribution < -0.4 is 25.6 Å². The Morgan fingerprint density at radius 1 is 1.32 bits per heavy atom. The molecule has 1 aliphatic rings. The number of carbonyl (C=O) groups is 1. The van der Waals surface area contributed by atoms with E-state index in [1.807, 2.05) is 0 Å². The Balaban J connectivity index is 1.95. The van der Waals surface area contributed by atoms with Gasteiger partial charge in [0.25, 0.3) is 5.91 Å². The van der Waals surface area contributed by atoms with Gasteiger partial charge in [0.15, 0.2) is 16.6 Å². The van der Waals surface area contributed by atoms with E-state index in [9.17, 15) is 13.6 Å². The first-order valence-electron chi connectivity index (χ1n) is 6.49. The molecule has 0 unspecified atom stereocenters. The maximum Gasteiger partial charge on any atom is 0.387 e. The Labute approximate surface area is 131 Å². The van der Waals surface area contributed by atoms with Crippen molar-refractivity contribution in [3.05, 3.63) is 23.8 Å². The third-order valence-electron chi connectivity index (χ3n) is 2.84. The van der Waals surface area contributed by atoms with Gasteiger partial charge in [0.05, 0.1) is 7.11 Å². The number of methoxy groups -OCH3 is 1. The summed E-state index contributed by atoms with van der Waals surface area (Å²) >= 11 is 4.99. The second-order valence-electron chi connectivity index (χ2n) is 4.57. The zero-order chi connectivity index (χ0) is 16.1. The molecule has 2 rings (SSSR count). The van der Waals surface area contributed by atoms with Crippen LogP contribution in [0.25, 0.3) is 0 Å². The lowest BCUT2D eigenvalue weighted by atomic mass is 10.2. The molecule has 1 aromatic rings. The van der Waals surface area contributed by atoms with Crippen molar-refractivity contribution in [1.29, 1.82) is 0 Å². The lowest BCUT2D eigenvalue weighted by Gasteiger charge is -2.13. The zero-order valence-corrected chi connectivity index (χ0v) is 12.5.